The summed E-state index contributed by atoms with van der Waals surface area (Å²) in [5.74, 6) is 0.545. The quantitative estimate of drug-likeness (QED) is 0.260. The highest BCUT2D eigenvalue weighted by atomic mass is 35.5. The van der Waals surface area contributed by atoms with Crippen LogP contribution in [0.5, 0.6) is 0 Å². The van der Waals surface area contributed by atoms with Crippen molar-refractivity contribution in [2.45, 2.75) is 5.16 Å². The Labute approximate surface area is 188 Å². The van der Waals surface area contributed by atoms with Crippen molar-refractivity contribution in [3.05, 3.63) is 89.7 Å². The maximum Gasteiger partial charge on any atom is 0.250 e. The van der Waals surface area contributed by atoms with E-state index in [9.17, 15) is 4.79 Å². The lowest BCUT2D eigenvalue weighted by Crippen LogP contribution is -2.20. The molecule has 0 aliphatic heterocycles. The maximum atomic E-state index is 12.2. The number of rotatable bonds is 7. The summed E-state index contributed by atoms with van der Waals surface area (Å²) in [6, 6.07) is 22.6. The van der Waals surface area contributed by atoms with Gasteiger partial charge in [-0.2, -0.15) is 5.10 Å². The van der Waals surface area contributed by atoms with Gasteiger partial charge < -0.3 is 0 Å². The van der Waals surface area contributed by atoms with Crippen LogP contribution in [-0.2, 0) is 4.79 Å². The summed E-state index contributed by atoms with van der Waals surface area (Å²) < 4.78 is 1.90. The molecule has 0 unspecified atom stereocenters. The average molecular weight is 449 g/mol. The molecule has 0 saturated carbocycles. The van der Waals surface area contributed by atoms with E-state index in [2.05, 4.69) is 25.7 Å². The fourth-order valence-corrected chi connectivity index (χ4v) is 3.62. The second-order valence-electron chi connectivity index (χ2n) is 6.32. The molecular weight excluding hydrogens is 432 g/mol. The molecule has 31 heavy (non-hydrogen) atoms. The monoisotopic (exact) mass is 448 g/mol. The fourth-order valence-electron chi connectivity index (χ4n) is 2.75. The van der Waals surface area contributed by atoms with Gasteiger partial charge in [-0.05, 0) is 36.4 Å². The minimum atomic E-state index is -0.260. The number of aromatic nitrogens is 4. The smallest absolute Gasteiger partial charge is 0.250 e. The third kappa shape index (κ3) is 5.36. The fraction of sp³-hybridized carbons (Fsp3) is 0.0455. The van der Waals surface area contributed by atoms with Crippen LogP contribution in [0.15, 0.2) is 89.3 Å². The van der Waals surface area contributed by atoms with E-state index >= 15 is 0 Å². The third-order valence-corrected chi connectivity index (χ3v) is 5.34. The molecule has 0 fully saturated rings. The van der Waals surface area contributed by atoms with Gasteiger partial charge in [0, 0.05) is 22.5 Å². The predicted octanol–water partition coefficient (Wildman–Crippen LogP) is 4.23. The molecule has 2 aromatic heterocycles. The molecule has 1 N–H and O–H groups in total. The van der Waals surface area contributed by atoms with Crippen molar-refractivity contribution in [2.75, 3.05) is 5.75 Å². The zero-order valence-electron chi connectivity index (χ0n) is 16.2. The lowest BCUT2D eigenvalue weighted by molar-refractivity contribution is -0.118. The molecule has 4 aromatic rings. The Hall–Kier alpha value is -3.49. The molecule has 0 aliphatic rings. The minimum Gasteiger partial charge on any atom is -0.272 e. The van der Waals surface area contributed by atoms with Crippen LogP contribution in [0.2, 0.25) is 5.02 Å². The Morgan fingerprint density at radius 1 is 1.03 bits per heavy atom. The van der Waals surface area contributed by atoms with Gasteiger partial charge in [0.2, 0.25) is 0 Å². The third-order valence-electron chi connectivity index (χ3n) is 4.16. The van der Waals surface area contributed by atoms with E-state index in [1.54, 1.807) is 24.4 Å². The Morgan fingerprint density at radius 2 is 1.81 bits per heavy atom. The van der Waals surface area contributed by atoms with Crippen LogP contribution in [0.3, 0.4) is 0 Å². The van der Waals surface area contributed by atoms with Crippen LogP contribution < -0.4 is 5.43 Å². The van der Waals surface area contributed by atoms with Gasteiger partial charge in [0.1, 0.15) is 0 Å². The van der Waals surface area contributed by atoms with E-state index in [0.29, 0.717) is 21.7 Å². The highest BCUT2D eigenvalue weighted by Crippen LogP contribution is 2.28. The number of pyridine rings is 1. The van der Waals surface area contributed by atoms with Crippen LogP contribution in [-0.4, -0.2) is 37.6 Å². The molecule has 0 bridgehead atoms. The number of carbonyl (C=O) groups excluding carboxylic acids is 1. The van der Waals surface area contributed by atoms with Gasteiger partial charge in [-0.3, -0.25) is 14.3 Å². The van der Waals surface area contributed by atoms with Gasteiger partial charge in [-0.15, -0.1) is 10.2 Å². The van der Waals surface area contributed by atoms with Crippen LogP contribution >= 0.6 is 23.4 Å². The van der Waals surface area contributed by atoms with E-state index < -0.39 is 0 Å². The van der Waals surface area contributed by atoms with Gasteiger partial charge in [0.05, 0.1) is 17.7 Å². The maximum absolute atomic E-state index is 12.2. The summed E-state index contributed by atoms with van der Waals surface area (Å²) in [6.45, 7) is 0. The second kappa shape index (κ2) is 10.0. The van der Waals surface area contributed by atoms with Crippen molar-refractivity contribution in [3.8, 4) is 17.1 Å². The molecule has 2 aromatic carbocycles. The summed E-state index contributed by atoms with van der Waals surface area (Å²) >= 11 is 7.32. The number of hydrogen-bond donors (Lipinski definition) is 1. The number of hydrogen-bond acceptors (Lipinski definition) is 6. The van der Waals surface area contributed by atoms with Gasteiger partial charge in [0.25, 0.3) is 5.91 Å². The Bertz CT molecular complexity index is 1180. The molecule has 0 radical (unpaired) electrons. The topological polar surface area (TPSA) is 85.1 Å². The highest BCUT2D eigenvalue weighted by Gasteiger charge is 2.17. The Balaban J connectivity index is 1.51. The molecule has 0 aliphatic carbocycles. The van der Waals surface area contributed by atoms with Gasteiger partial charge in [0.15, 0.2) is 11.0 Å². The number of amides is 1. The summed E-state index contributed by atoms with van der Waals surface area (Å²) in [7, 11) is 0. The van der Waals surface area contributed by atoms with Crippen molar-refractivity contribution in [3.63, 3.8) is 0 Å². The van der Waals surface area contributed by atoms with Crippen molar-refractivity contribution in [1.29, 1.82) is 0 Å². The first-order valence-electron chi connectivity index (χ1n) is 9.33. The van der Waals surface area contributed by atoms with E-state index in [1.807, 2.05) is 59.2 Å². The van der Waals surface area contributed by atoms with Crippen LogP contribution in [0.25, 0.3) is 17.1 Å². The molecule has 1 amide bonds. The number of hydrazone groups is 1. The predicted molar refractivity (Wildman–Crippen MR) is 123 cm³/mol. The molecule has 2 heterocycles. The number of benzene rings is 2. The summed E-state index contributed by atoms with van der Waals surface area (Å²) in [5, 5.41) is 13.8. The van der Waals surface area contributed by atoms with E-state index in [1.165, 1.54) is 18.0 Å². The van der Waals surface area contributed by atoms with Crippen molar-refractivity contribution in [1.82, 2.24) is 25.2 Å². The van der Waals surface area contributed by atoms with Gasteiger partial charge in [-0.1, -0.05) is 59.8 Å². The van der Waals surface area contributed by atoms with Gasteiger partial charge >= 0.3 is 0 Å². The molecular formula is C22H17ClN6OS. The number of halogens is 1. The molecule has 7 nitrogen and oxygen atoms in total. The normalized spacial score (nSPS) is 11.0. The zero-order valence-corrected chi connectivity index (χ0v) is 17.8. The molecule has 4 rings (SSSR count). The number of nitrogens with zero attached hydrogens (tertiary/aromatic N) is 5. The van der Waals surface area contributed by atoms with Crippen LogP contribution in [0, 0.1) is 0 Å². The number of thioether (sulfide) groups is 1. The standard InChI is InChI=1S/C22H17ClN6OS/c23-17-9-11-19(12-10-17)29-21(16-6-2-1-3-7-16)27-28-22(29)31-15-20(30)26-25-14-18-8-4-5-13-24-18/h1-14H,15H2,(H,26,30)/b25-14-. The van der Waals surface area contributed by atoms with Crippen molar-refractivity contribution in [2.24, 2.45) is 5.10 Å². The molecule has 9 heteroatoms. The van der Waals surface area contributed by atoms with Gasteiger partial charge in [-0.25, -0.2) is 5.43 Å². The van der Waals surface area contributed by atoms with Crippen LogP contribution in [0.1, 0.15) is 5.69 Å². The van der Waals surface area contributed by atoms with E-state index in [-0.39, 0.29) is 11.7 Å². The lowest BCUT2D eigenvalue weighted by Gasteiger charge is -2.10. The Kier molecular flexibility index (Phi) is 6.71. The Morgan fingerprint density at radius 3 is 2.55 bits per heavy atom. The average Bonchev–Trinajstić information content (AvgIpc) is 3.23. The first-order valence-corrected chi connectivity index (χ1v) is 10.7. The molecule has 0 atom stereocenters. The summed E-state index contributed by atoms with van der Waals surface area (Å²) in [5.41, 5.74) is 4.93. The zero-order chi connectivity index (χ0) is 21.5. The highest BCUT2D eigenvalue weighted by molar-refractivity contribution is 7.99. The first kappa shape index (κ1) is 20.8. The lowest BCUT2D eigenvalue weighted by atomic mass is 10.2. The summed E-state index contributed by atoms with van der Waals surface area (Å²) in [4.78, 5) is 16.4. The number of nitrogens with one attached hydrogen (secondary N) is 1. The molecule has 154 valence electrons. The minimum absolute atomic E-state index is 0.125. The first-order chi connectivity index (χ1) is 15.2. The van der Waals surface area contributed by atoms with Crippen LogP contribution in [0.4, 0.5) is 0 Å². The molecule has 0 saturated heterocycles. The van der Waals surface area contributed by atoms with Crippen molar-refractivity contribution >= 4 is 35.5 Å². The molecule has 0 spiro atoms. The largest absolute Gasteiger partial charge is 0.272 e. The van der Waals surface area contributed by atoms with E-state index in [0.717, 1.165) is 11.3 Å². The number of carbonyl (C=O) groups is 1. The summed E-state index contributed by atoms with van der Waals surface area (Å²) in [6.07, 6.45) is 3.15. The second-order valence-corrected chi connectivity index (χ2v) is 7.70. The van der Waals surface area contributed by atoms with Crippen molar-refractivity contribution < 1.29 is 4.79 Å². The van der Waals surface area contributed by atoms with E-state index in [4.69, 9.17) is 11.6 Å². The SMILES string of the molecule is O=C(CSc1nnc(-c2ccccc2)n1-c1ccc(Cl)cc1)N/N=C\c1ccccn1.